The van der Waals surface area contributed by atoms with Crippen LogP contribution < -0.4 is 5.73 Å². The summed E-state index contributed by atoms with van der Waals surface area (Å²) >= 11 is 5.07. The Labute approximate surface area is 296 Å². The summed E-state index contributed by atoms with van der Waals surface area (Å²) in [7, 11) is 0. The molecule has 246 valence electrons. The average Bonchev–Trinajstić information content (AvgIpc) is 3.07. The lowest BCUT2D eigenvalue weighted by Crippen LogP contribution is -2.31. The lowest BCUT2D eigenvalue weighted by molar-refractivity contribution is 0.711. The Morgan fingerprint density at radius 3 is 2.10 bits per heavy atom. The molecule has 0 aliphatic heterocycles. The summed E-state index contributed by atoms with van der Waals surface area (Å²) in [6.07, 6.45) is 51.5. The molecule has 0 saturated heterocycles. The molecule has 1 aliphatic carbocycles. The Morgan fingerprint density at radius 2 is 1.48 bits per heavy atom. The standard InChI is InChI=1S/C46H51NS/c1-8-12-15-24-28-38(6)46(37(5)27-23-13-9-2,43-35-34-42(36-45(43)48)44(47)31-14-10-3)39(7)32-33-40(11-4)41-29-25-21-19-17-16-18-20-22-26-30-41/h9-36,48H,2,6-8,47H2,1,3-5H3/b14-10-,15-12-,17-16-,18-16?,19-17?,20-18-,21-19+,22-20?,23-13-,25-21?,26-22-,28-24-,29-25?,30-26?,33-32-,37-27+,40-11+,41-29?,41-30-,44-31-. The van der Waals surface area contributed by atoms with Crippen molar-refractivity contribution in [2.75, 3.05) is 0 Å². The molecular formula is C46H51NS. The van der Waals surface area contributed by atoms with Crippen molar-refractivity contribution in [1.82, 2.24) is 0 Å². The first-order valence-electron chi connectivity index (χ1n) is 16.3. The van der Waals surface area contributed by atoms with Crippen molar-refractivity contribution in [3.8, 4) is 0 Å². The fourth-order valence-electron chi connectivity index (χ4n) is 5.20. The number of benzene rings is 1. The molecule has 1 atom stereocenters. The number of hydrogen-bond donors (Lipinski definition) is 2. The van der Waals surface area contributed by atoms with Crippen LogP contribution in [-0.4, -0.2) is 0 Å². The maximum Gasteiger partial charge on any atom is 0.0661 e. The normalized spacial score (nSPS) is 20.0. The first kappa shape index (κ1) is 39.1. The quantitative estimate of drug-likeness (QED) is 0.152. The number of nitrogens with two attached hydrogens (primary N) is 1. The predicted molar refractivity (Wildman–Crippen MR) is 219 cm³/mol. The molecule has 2 rings (SSSR count). The Bertz CT molecular complexity index is 1730. The lowest BCUT2D eigenvalue weighted by atomic mass is 9.64. The minimum atomic E-state index is -0.828. The van der Waals surface area contributed by atoms with Gasteiger partial charge in [-0.05, 0) is 72.8 Å². The van der Waals surface area contributed by atoms with Gasteiger partial charge in [0, 0.05) is 10.6 Å². The Morgan fingerprint density at radius 1 is 0.812 bits per heavy atom. The average molecular weight is 650 g/mol. The molecule has 1 nitrogen and oxygen atoms in total. The molecule has 48 heavy (non-hydrogen) atoms. The first-order valence-corrected chi connectivity index (χ1v) is 16.7. The van der Waals surface area contributed by atoms with Gasteiger partial charge in [-0.3, -0.25) is 0 Å². The van der Waals surface area contributed by atoms with E-state index in [1.54, 1.807) is 6.08 Å². The topological polar surface area (TPSA) is 26.0 Å². The molecule has 1 aromatic carbocycles. The van der Waals surface area contributed by atoms with Crippen molar-refractivity contribution in [3.63, 3.8) is 0 Å². The van der Waals surface area contributed by atoms with Crippen LogP contribution in [0.1, 0.15) is 45.2 Å². The molecule has 0 bridgehead atoms. The molecular weight excluding hydrogens is 599 g/mol. The molecule has 0 fully saturated rings. The third-order valence-electron chi connectivity index (χ3n) is 7.68. The van der Waals surface area contributed by atoms with Gasteiger partial charge in [0.25, 0.3) is 0 Å². The van der Waals surface area contributed by atoms with Crippen LogP contribution in [0.5, 0.6) is 0 Å². The van der Waals surface area contributed by atoms with Crippen molar-refractivity contribution in [3.05, 3.63) is 229 Å². The van der Waals surface area contributed by atoms with E-state index in [1.807, 2.05) is 117 Å². The molecule has 0 aromatic heterocycles. The second kappa shape index (κ2) is 21.7. The van der Waals surface area contributed by atoms with Crippen LogP contribution in [0.15, 0.2) is 223 Å². The highest BCUT2D eigenvalue weighted by atomic mass is 32.1. The van der Waals surface area contributed by atoms with E-state index in [1.165, 1.54) is 0 Å². The molecule has 0 heterocycles. The second-order valence-electron chi connectivity index (χ2n) is 10.9. The number of thiol groups is 1. The zero-order valence-corrected chi connectivity index (χ0v) is 29.9. The third kappa shape index (κ3) is 11.3. The van der Waals surface area contributed by atoms with Gasteiger partial charge in [-0.1, -0.05) is 190 Å². The minimum absolute atomic E-state index is 0.662. The van der Waals surface area contributed by atoms with Crippen LogP contribution in [0.4, 0.5) is 0 Å². The van der Waals surface area contributed by atoms with Crippen LogP contribution in [0.3, 0.4) is 0 Å². The van der Waals surface area contributed by atoms with Gasteiger partial charge < -0.3 is 5.73 Å². The van der Waals surface area contributed by atoms with Crippen molar-refractivity contribution in [2.24, 2.45) is 5.73 Å². The summed E-state index contributed by atoms with van der Waals surface area (Å²) < 4.78 is 0. The Kier molecular flexibility index (Phi) is 17.7. The van der Waals surface area contributed by atoms with Crippen LogP contribution in [-0.2, 0) is 5.41 Å². The number of allylic oxidation sites excluding steroid dienone is 30. The number of rotatable bonds is 14. The molecule has 1 unspecified atom stereocenters. The van der Waals surface area contributed by atoms with Gasteiger partial charge in [-0.15, -0.1) is 12.6 Å². The number of hydrogen-bond acceptors (Lipinski definition) is 2. The monoisotopic (exact) mass is 649 g/mol. The van der Waals surface area contributed by atoms with Gasteiger partial charge in [0.15, 0.2) is 0 Å². The van der Waals surface area contributed by atoms with Gasteiger partial charge >= 0.3 is 0 Å². The second-order valence-corrected chi connectivity index (χ2v) is 11.4. The Hall–Kier alpha value is -5.05. The molecule has 1 aliphatic rings. The SMILES string of the molecule is C=C/C=C\C=C(/C)C(C(=C)/C=C\C=C/CC)(C(=C)\C=C/C(=C\C)/C1=C\C=C/C=C\C=C/C=C/C=C1)c1ccc(/C(N)=C/C=C\C)cc1S. The van der Waals surface area contributed by atoms with Crippen molar-refractivity contribution in [2.45, 2.75) is 44.4 Å². The summed E-state index contributed by atoms with van der Waals surface area (Å²) in [6, 6.07) is 6.15. The fraction of sp³-hybridized carbons (Fsp3) is 0.130. The van der Waals surface area contributed by atoms with Crippen LogP contribution in [0.25, 0.3) is 5.70 Å². The molecule has 1 aromatic rings. The fourth-order valence-corrected chi connectivity index (χ4v) is 5.58. The van der Waals surface area contributed by atoms with Crippen LogP contribution >= 0.6 is 12.6 Å². The van der Waals surface area contributed by atoms with Crippen molar-refractivity contribution >= 4 is 18.3 Å². The van der Waals surface area contributed by atoms with Crippen LogP contribution in [0.2, 0.25) is 0 Å². The predicted octanol–water partition coefficient (Wildman–Crippen LogP) is 12.6. The van der Waals surface area contributed by atoms with E-state index >= 15 is 0 Å². The van der Waals surface area contributed by atoms with E-state index in [0.29, 0.717) is 5.70 Å². The highest BCUT2D eigenvalue weighted by Gasteiger charge is 2.39. The molecule has 2 N–H and O–H groups in total. The van der Waals surface area contributed by atoms with Gasteiger partial charge in [-0.2, -0.15) is 0 Å². The molecule has 0 amide bonds. The summed E-state index contributed by atoms with van der Waals surface area (Å²) in [5.74, 6) is 0. The third-order valence-corrected chi connectivity index (χ3v) is 8.05. The summed E-state index contributed by atoms with van der Waals surface area (Å²) in [5.41, 5.74) is 13.0. The Balaban J connectivity index is 2.88. The van der Waals surface area contributed by atoms with E-state index in [2.05, 4.69) is 87.8 Å². The minimum Gasteiger partial charge on any atom is -0.398 e. The zero-order valence-electron chi connectivity index (χ0n) is 29.0. The zero-order chi connectivity index (χ0) is 35.2. The van der Waals surface area contributed by atoms with E-state index in [-0.39, 0.29) is 0 Å². The molecule has 0 spiro atoms. The first-order chi connectivity index (χ1) is 23.3. The highest BCUT2D eigenvalue weighted by Crippen LogP contribution is 2.48. The molecule has 0 saturated carbocycles. The van der Waals surface area contributed by atoms with E-state index in [0.717, 1.165) is 50.3 Å². The maximum absolute atomic E-state index is 6.43. The maximum atomic E-state index is 6.43. The van der Waals surface area contributed by atoms with E-state index < -0.39 is 5.41 Å². The van der Waals surface area contributed by atoms with Gasteiger partial charge in [0.05, 0.1) is 5.41 Å². The van der Waals surface area contributed by atoms with Gasteiger partial charge in [0.2, 0.25) is 0 Å². The van der Waals surface area contributed by atoms with E-state index in [4.69, 9.17) is 24.9 Å². The van der Waals surface area contributed by atoms with Crippen molar-refractivity contribution < 1.29 is 0 Å². The van der Waals surface area contributed by atoms with Crippen LogP contribution in [0, 0.1) is 0 Å². The van der Waals surface area contributed by atoms with E-state index in [9.17, 15) is 0 Å². The lowest BCUT2D eigenvalue weighted by Gasteiger charge is -2.39. The van der Waals surface area contributed by atoms with Gasteiger partial charge in [-0.25, -0.2) is 0 Å². The van der Waals surface area contributed by atoms with Crippen molar-refractivity contribution in [1.29, 1.82) is 0 Å². The largest absolute Gasteiger partial charge is 0.398 e. The smallest absolute Gasteiger partial charge is 0.0661 e. The molecule has 2 heteroatoms. The molecule has 0 radical (unpaired) electrons. The summed E-state index contributed by atoms with van der Waals surface area (Å²) in [5, 5.41) is 0. The summed E-state index contributed by atoms with van der Waals surface area (Å²) in [4.78, 5) is 0.785. The highest BCUT2D eigenvalue weighted by molar-refractivity contribution is 7.80. The summed E-state index contributed by atoms with van der Waals surface area (Å²) in [6.45, 7) is 21.5. The van der Waals surface area contributed by atoms with Gasteiger partial charge in [0.1, 0.15) is 0 Å².